The normalized spacial score (nSPS) is 10.8. The highest BCUT2D eigenvalue weighted by molar-refractivity contribution is 7.13. The fourth-order valence-corrected chi connectivity index (χ4v) is 2.38. The summed E-state index contributed by atoms with van der Waals surface area (Å²) < 4.78 is 1.92. The molecule has 0 fully saturated rings. The van der Waals surface area contributed by atoms with Crippen LogP contribution in [-0.2, 0) is 11.2 Å². The quantitative estimate of drug-likeness (QED) is 0.795. The lowest BCUT2D eigenvalue weighted by Gasteiger charge is -1.98. The van der Waals surface area contributed by atoms with Gasteiger partial charge in [0.1, 0.15) is 5.65 Å². The lowest BCUT2D eigenvalue weighted by Crippen LogP contribution is -2.14. The van der Waals surface area contributed by atoms with Crippen molar-refractivity contribution in [2.75, 3.05) is 5.32 Å². The van der Waals surface area contributed by atoms with Crippen LogP contribution in [0.4, 0.5) is 5.13 Å². The van der Waals surface area contributed by atoms with Crippen molar-refractivity contribution in [1.82, 2.24) is 14.4 Å². The second-order valence-corrected chi connectivity index (χ2v) is 5.16. The second-order valence-electron chi connectivity index (χ2n) is 4.26. The number of imidazole rings is 1. The molecule has 0 spiro atoms. The second kappa shape index (κ2) is 4.81. The highest BCUT2D eigenvalue weighted by Gasteiger charge is 2.09. The van der Waals surface area contributed by atoms with Gasteiger partial charge in [0.05, 0.1) is 12.1 Å². The number of aryl methyl sites for hydroxylation is 1. The maximum absolute atomic E-state index is 11.8. The highest BCUT2D eigenvalue weighted by atomic mass is 32.1. The summed E-state index contributed by atoms with van der Waals surface area (Å²) >= 11 is 1.40. The third kappa shape index (κ3) is 2.63. The van der Waals surface area contributed by atoms with Gasteiger partial charge >= 0.3 is 0 Å². The predicted octanol–water partition coefficient (Wildman–Crippen LogP) is 2.28. The molecule has 5 nitrogen and oxygen atoms in total. The molecule has 1 amide bonds. The third-order valence-corrected chi connectivity index (χ3v) is 3.37. The molecule has 3 rings (SSSR count). The fraction of sp³-hybridized carbons (Fsp3) is 0.154. The number of aromatic nitrogens is 3. The van der Waals surface area contributed by atoms with Gasteiger partial charge in [0.25, 0.3) is 0 Å². The minimum atomic E-state index is -0.102. The highest BCUT2D eigenvalue weighted by Crippen LogP contribution is 2.12. The van der Waals surface area contributed by atoms with E-state index in [9.17, 15) is 4.79 Å². The monoisotopic (exact) mass is 272 g/mol. The van der Waals surface area contributed by atoms with Crippen LogP contribution in [0.3, 0.4) is 0 Å². The van der Waals surface area contributed by atoms with Crippen molar-refractivity contribution in [3.05, 3.63) is 47.4 Å². The average Bonchev–Trinajstić information content (AvgIpc) is 2.97. The Kier molecular flexibility index (Phi) is 3.00. The number of anilines is 1. The summed E-state index contributed by atoms with van der Waals surface area (Å²) in [7, 11) is 0. The minimum Gasteiger partial charge on any atom is -0.307 e. The van der Waals surface area contributed by atoms with Gasteiger partial charge in [-0.2, -0.15) is 0 Å². The molecule has 1 N–H and O–H groups in total. The van der Waals surface area contributed by atoms with E-state index in [1.165, 1.54) is 11.3 Å². The minimum absolute atomic E-state index is 0.102. The molecule has 0 aliphatic carbocycles. The largest absolute Gasteiger partial charge is 0.307 e. The Morgan fingerprint density at radius 3 is 3.21 bits per heavy atom. The van der Waals surface area contributed by atoms with E-state index in [1.54, 1.807) is 6.20 Å². The Labute approximate surface area is 113 Å². The summed E-state index contributed by atoms with van der Waals surface area (Å²) in [5, 5.41) is 5.18. The van der Waals surface area contributed by atoms with Crippen LogP contribution in [0, 0.1) is 6.92 Å². The first-order valence-electron chi connectivity index (χ1n) is 5.84. The number of carbonyl (C=O) groups excluding carboxylic acids is 1. The number of fused-ring (bicyclic) bond motifs is 1. The number of nitrogens with one attached hydrogen (secondary N) is 1. The number of amides is 1. The van der Waals surface area contributed by atoms with Crippen LogP contribution >= 0.6 is 11.3 Å². The van der Waals surface area contributed by atoms with Crippen molar-refractivity contribution in [2.24, 2.45) is 0 Å². The van der Waals surface area contributed by atoms with Crippen molar-refractivity contribution in [3.8, 4) is 0 Å². The number of thiazole rings is 1. The third-order valence-electron chi connectivity index (χ3n) is 2.69. The lowest BCUT2D eigenvalue weighted by molar-refractivity contribution is -0.115. The van der Waals surface area contributed by atoms with E-state index >= 15 is 0 Å². The maximum atomic E-state index is 11.8. The smallest absolute Gasteiger partial charge is 0.232 e. The van der Waals surface area contributed by atoms with Crippen LogP contribution < -0.4 is 5.32 Å². The van der Waals surface area contributed by atoms with Gasteiger partial charge in [-0.05, 0) is 24.6 Å². The number of hydrogen-bond donors (Lipinski definition) is 1. The van der Waals surface area contributed by atoms with E-state index in [-0.39, 0.29) is 12.3 Å². The molecule has 0 aliphatic rings. The van der Waals surface area contributed by atoms with E-state index in [1.807, 2.05) is 41.2 Å². The van der Waals surface area contributed by atoms with Crippen molar-refractivity contribution in [3.63, 3.8) is 0 Å². The van der Waals surface area contributed by atoms with Gasteiger partial charge < -0.3 is 9.72 Å². The average molecular weight is 272 g/mol. The molecule has 19 heavy (non-hydrogen) atoms. The summed E-state index contributed by atoms with van der Waals surface area (Å²) in [4.78, 5) is 20.3. The molecular weight excluding hydrogens is 260 g/mol. The molecule has 0 saturated carbocycles. The molecule has 3 aromatic heterocycles. The van der Waals surface area contributed by atoms with Crippen LogP contribution in [0.25, 0.3) is 5.65 Å². The number of rotatable bonds is 3. The molecule has 3 heterocycles. The SMILES string of the molecule is Cc1ccn2cc(CC(=O)Nc3nccs3)nc2c1. The van der Waals surface area contributed by atoms with E-state index in [0.29, 0.717) is 5.13 Å². The molecule has 6 heteroatoms. The van der Waals surface area contributed by atoms with Crippen LogP contribution in [0.1, 0.15) is 11.3 Å². The lowest BCUT2D eigenvalue weighted by atomic mass is 10.3. The van der Waals surface area contributed by atoms with E-state index in [0.717, 1.165) is 16.9 Å². The maximum Gasteiger partial charge on any atom is 0.232 e. The first-order valence-corrected chi connectivity index (χ1v) is 6.72. The van der Waals surface area contributed by atoms with Crippen molar-refractivity contribution in [2.45, 2.75) is 13.3 Å². The Hall–Kier alpha value is -2.21. The van der Waals surface area contributed by atoms with E-state index in [2.05, 4.69) is 15.3 Å². The summed E-state index contributed by atoms with van der Waals surface area (Å²) in [5.41, 5.74) is 2.76. The predicted molar refractivity (Wildman–Crippen MR) is 74.4 cm³/mol. The molecule has 96 valence electrons. The molecule has 0 saturated heterocycles. The topological polar surface area (TPSA) is 59.3 Å². The Bertz CT molecular complexity index is 717. The molecule has 3 aromatic rings. The first-order chi connectivity index (χ1) is 9.20. The van der Waals surface area contributed by atoms with Crippen LogP contribution in [-0.4, -0.2) is 20.3 Å². The summed E-state index contributed by atoms with van der Waals surface area (Å²) in [6, 6.07) is 4.00. The Balaban J connectivity index is 1.76. The standard InChI is InChI=1S/C13H12N4OS/c1-9-2-4-17-8-10(15-11(17)6-9)7-12(18)16-13-14-3-5-19-13/h2-6,8H,7H2,1H3,(H,14,16,18). The number of pyridine rings is 1. The molecule has 0 radical (unpaired) electrons. The molecule has 0 atom stereocenters. The van der Waals surface area contributed by atoms with Gasteiger partial charge in [0.15, 0.2) is 5.13 Å². The van der Waals surface area contributed by atoms with Gasteiger partial charge in [0, 0.05) is 24.0 Å². The van der Waals surface area contributed by atoms with Crippen LogP contribution in [0.15, 0.2) is 36.1 Å². The first kappa shape index (κ1) is 11.9. The van der Waals surface area contributed by atoms with E-state index < -0.39 is 0 Å². The zero-order valence-corrected chi connectivity index (χ0v) is 11.1. The molecule has 0 unspecified atom stereocenters. The Morgan fingerprint density at radius 2 is 2.42 bits per heavy atom. The van der Waals surface area contributed by atoms with Gasteiger partial charge in [-0.25, -0.2) is 9.97 Å². The zero-order valence-electron chi connectivity index (χ0n) is 10.3. The fourth-order valence-electron chi connectivity index (χ4n) is 1.83. The molecular formula is C13H12N4OS. The summed E-state index contributed by atoms with van der Waals surface area (Å²) in [5.74, 6) is -0.102. The van der Waals surface area contributed by atoms with Crippen LogP contribution in [0.5, 0.6) is 0 Å². The van der Waals surface area contributed by atoms with Gasteiger partial charge in [-0.1, -0.05) is 0 Å². The molecule has 0 bridgehead atoms. The number of carbonyl (C=O) groups is 1. The van der Waals surface area contributed by atoms with E-state index in [4.69, 9.17) is 0 Å². The summed E-state index contributed by atoms with van der Waals surface area (Å²) in [6.45, 7) is 2.02. The van der Waals surface area contributed by atoms with Gasteiger partial charge in [-0.15, -0.1) is 11.3 Å². The zero-order chi connectivity index (χ0) is 13.2. The van der Waals surface area contributed by atoms with Gasteiger partial charge in [0.2, 0.25) is 5.91 Å². The number of hydrogen-bond acceptors (Lipinski definition) is 4. The van der Waals surface area contributed by atoms with Crippen molar-refractivity contribution in [1.29, 1.82) is 0 Å². The van der Waals surface area contributed by atoms with Gasteiger partial charge in [-0.3, -0.25) is 4.79 Å². The molecule has 0 aliphatic heterocycles. The van der Waals surface area contributed by atoms with Crippen molar-refractivity contribution >= 4 is 28.0 Å². The summed E-state index contributed by atoms with van der Waals surface area (Å²) in [6.07, 6.45) is 5.73. The number of nitrogens with zero attached hydrogens (tertiary/aromatic N) is 3. The van der Waals surface area contributed by atoms with Crippen LogP contribution in [0.2, 0.25) is 0 Å². The van der Waals surface area contributed by atoms with Crippen molar-refractivity contribution < 1.29 is 4.79 Å². The Morgan fingerprint density at radius 1 is 1.53 bits per heavy atom. The molecule has 0 aromatic carbocycles.